The Morgan fingerprint density at radius 2 is 1.91 bits per heavy atom. The zero-order chi connectivity index (χ0) is 23.5. The summed E-state index contributed by atoms with van der Waals surface area (Å²) in [7, 11) is 1.65. The normalized spacial score (nSPS) is 14.0. The average Bonchev–Trinajstić information content (AvgIpc) is 3.23. The number of methoxy groups -OCH3 is 1. The molecule has 2 N–H and O–H groups in total. The summed E-state index contributed by atoms with van der Waals surface area (Å²) >= 11 is 0. The number of aryl methyl sites for hydroxylation is 1. The van der Waals surface area contributed by atoms with Crippen LogP contribution in [-0.4, -0.2) is 69.1 Å². The maximum Gasteiger partial charge on any atom is 0.407 e. The van der Waals surface area contributed by atoms with E-state index in [0.29, 0.717) is 32.1 Å². The maximum atomic E-state index is 11.2. The van der Waals surface area contributed by atoms with Crippen molar-refractivity contribution in [2.45, 2.75) is 26.8 Å². The molecule has 0 spiro atoms. The molecule has 1 aliphatic rings. The maximum absolute atomic E-state index is 11.2. The van der Waals surface area contributed by atoms with Gasteiger partial charge in [-0.15, -0.1) is 5.10 Å². The van der Waals surface area contributed by atoms with Gasteiger partial charge in [-0.1, -0.05) is 0 Å². The largest absolute Gasteiger partial charge is 0.496 e. The molecule has 3 heterocycles. The van der Waals surface area contributed by atoms with Crippen LogP contribution in [0.25, 0.3) is 11.1 Å². The number of hydrogen-bond acceptors (Lipinski definition) is 7. The molecule has 1 amide bonds. The Labute approximate surface area is 192 Å². The summed E-state index contributed by atoms with van der Waals surface area (Å²) < 4.78 is 7.51. The van der Waals surface area contributed by atoms with Crippen LogP contribution >= 0.6 is 0 Å². The summed E-state index contributed by atoms with van der Waals surface area (Å²) in [6, 6.07) is 9.98. The SMILES string of the molecule is COc1cc(Nc2nc(N3CCN(C(=O)O)CC3)n(C(C)C)n2)ccc1-c1ccnc(C)c1. The molecule has 1 aliphatic heterocycles. The van der Waals surface area contributed by atoms with Gasteiger partial charge in [-0.05, 0) is 50.6 Å². The van der Waals surface area contributed by atoms with E-state index in [4.69, 9.17) is 9.72 Å². The van der Waals surface area contributed by atoms with Crippen LogP contribution in [0.15, 0.2) is 36.5 Å². The molecule has 0 radical (unpaired) electrons. The van der Waals surface area contributed by atoms with Crippen molar-refractivity contribution in [1.82, 2.24) is 24.6 Å². The van der Waals surface area contributed by atoms with Crippen LogP contribution in [0.2, 0.25) is 0 Å². The quantitative estimate of drug-likeness (QED) is 0.583. The van der Waals surface area contributed by atoms with Crippen molar-refractivity contribution in [3.05, 3.63) is 42.2 Å². The van der Waals surface area contributed by atoms with E-state index in [-0.39, 0.29) is 6.04 Å². The Hall–Kier alpha value is -3.82. The summed E-state index contributed by atoms with van der Waals surface area (Å²) in [5, 5.41) is 17.1. The number of rotatable bonds is 6. The number of hydrogen-bond donors (Lipinski definition) is 2. The first kappa shape index (κ1) is 22.4. The second-order valence-corrected chi connectivity index (χ2v) is 8.26. The first-order chi connectivity index (χ1) is 15.9. The van der Waals surface area contributed by atoms with Crippen molar-refractivity contribution < 1.29 is 14.6 Å². The Kier molecular flexibility index (Phi) is 6.34. The second kappa shape index (κ2) is 9.35. The molecule has 10 nitrogen and oxygen atoms in total. The van der Waals surface area contributed by atoms with Gasteiger partial charge in [0.25, 0.3) is 0 Å². The monoisotopic (exact) mass is 451 g/mol. The van der Waals surface area contributed by atoms with Gasteiger partial charge < -0.3 is 25.0 Å². The highest BCUT2D eigenvalue weighted by atomic mass is 16.5. The lowest BCUT2D eigenvalue weighted by Gasteiger charge is -2.33. The Balaban J connectivity index is 1.57. The number of benzene rings is 1. The molecule has 3 aromatic rings. The molecule has 10 heteroatoms. The highest BCUT2D eigenvalue weighted by Gasteiger charge is 2.25. The molecule has 1 fully saturated rings. The Bertz CT molecular complexity index is 1140. The standard InChI is InChI=1S/C23H29N7O3/c1-15(2)30-22(28-9-11-29(12-10-28)23(31)32)26-21(27-30)25-18-5-6-19(20(14-18)33-4)17-7-8-24-16(3)13-17/h5-8,13-15H,9-12H2,1-4H3,(H,25,27)(H,31,32). The van der Waals surface area contributed by atoms with Crippen LogP contribution in [-0.2, 0) is 0 Å². The molecule has 0 bridgehead atoms. The number of amides is 1. The lowest BCUT2D eigenvalue weighted by molar-refractivity contribution is 0.142. The van der Waals surface area contributed by atoms with Crippen molar-refractivity contribution in [2.24, 2.45) is 0 Å². The van der Waals surface area contributed by atoms with Gasteiger partial charge >= 0.3 is 6.09 Å². The van der Waals surface area contributed by atoms with Crippen LogP contribution < -0.4 is 15.0 Å². The highest BCUT2D eigenvalue weighted by molar-refractivity contribution is 5.74. The molecule has 2 aromatic heterocycles. The van der Waals surface area contributed by atoms with Gasteiger partial charge in [0.2, 0.25) is 11.9 Å². The fourth-order valence-electron chi connectivity index (χ4n) is 3.88. The first-order valence-corrected chi connectivity index (χ1v) is 10.9. The predicted molar refractivity (Wildman–Crippen MR) is 126 cm³/mol. The number of piperazine rings is 1. The predicted octanol–water partition coefficient (Wildman–Crippen LogP) is 3.78. The average molecular weight is 452 g/mol. The topological polar surface area (TPSA) is 109 Å². The zero-order valence-electron chi connectivity index (χ0n) is 19.3. The molecule has 0 aliphatic carbocycles. The lowest BCUT2D eigenvalue weighted by atomic mass is 10.0. The molecule has 0 saturated carbocycles. The molecule has 1 aromatic carbocycles. The van der Waals surface area contributed by atoms with Crippen LogP contribution in [0.3, 0.4) is 0 Å². The third-order valence-electron chi connectivity index (χ3n) is 5.60. The van der Waals surface area contributed by atoms with E-state index in [9.17, 15) is 9.90 Å². The highest BCUT2D eigenvalue weighted by Crippen LogP contribution is 2.33. The summed E-state index contributed by atoms with van der Waals surface area (Å²) in [4.78, 5) is 23.7. The van der Waals surface area contributed by atoms with Crippen LogP contribution in [0, 0.1) is 6.92 Å². The Morgan fingerprint density at radius 1 is 1.15 bits per heavy atom. The fraction of sp³-hybridized carbons (Fsp3) is 0.391. The second-order valence-electron chi connectivity index (χ2n) is 8.26. The molecular formula is C23H29N7O3. The van der Waals surface area contributed by atoms with E-state index >= 15 is 0 Å². The number of pyridine rings is 1. The van der Waals surface area contributed by atoms with Crippen molar-refractivity contribution in [2.75, 3.05) is 43.5 Å². The van der Waals surface area contributed by atoms with Gasteiger partial charge in [-0.3, -0.25) is 4.98 Å². The minimum atomic E-state index is -0.887. The summed E-state index contributed by atoms with van der Waals surface area (Å²) in [6.45, 7) is 8.08. The first-order valence-electron chi connectivity index (χ1n) is 10.9. The van der Waals surface area contributed by atoms with Crippen molar-refractivity contribution >= 4 is 23.7 Å². The van der Waals surface area contributed by atoms with Crippen LogP contribution in [0.1, 0.15) is 25.6 Å². The summed E-state index contributed by atoms with van der Waals surface area (Å²) in [6.07, 6.45) is 0.901. The van der Waals surface area contributed by atoms with Gasteiger partial charge in [0.15, 0.2) is 0 Å². The Morgan fingerprint density at radius 3 is 2.55 bits per heavy atom. The molecule has 174 valence electrons. The smallest absolute Gasteiger partial charge is 0.407 e. The van der Waals surface area contributed by atoms with E-state index in [0.717, 1.165) is 34.2 Å². The van der Waals surface area contributed by atoms with Gasteiger partial charge in [0, 0.05) is 55.4 Å². The third-order valence-corrected chi connectivity index (χ3v) is 5.60. The number of anilines is 3. The third kappa shape index (κ3) is 4.84. The number of carboxylic acid groups (broad SMARTS) is 1. The van der Waals surface area contributed by atoms with E-state index < -0.39 is 6.09 Å². The molecule has 33 heavy (non-hydrogen) atoms. The van der Waals surface area contributed by atoms with Crippen LogP contribution in [0.4, 0.5) is 22.4 Å². The number of carbonyl (C=O) groups is 1. The summed E-state index contributed by atoms with van der Waals surface area (Å²) in [5.41, 5.74) is 3.77. The van der Waals surface area contributed by atoms with Gasteiger partial charge in [-0.25, -0.2) is 9.48 Å². The van der Waals surface area contributed by atoms with Crippen LogP contribution in [0.5, 0.6) is 5.75 Å². The molecule has 4 rings (SSSR count). The molecular weight excluding hydrogens is 422 g/mol. The molecule has 0 atom stereocenters. The zero-order valence-corrected chi connectivity index (χ0v) is 19.3. The number of nitrogens with zero attached hydrogens (tertiary/aromatic N) is 6. The molecule has 0 unspecified atom stereocenters. The van der Waals surface area contributed by atoms with Gasteiger partial charge in [0.05, 0.1) is 13.2 Å². The van der Waals surface area contributed by atoms with Crippen molar-refractivity contribution in [3.8, 4) is 16.9 Å². The summed E-state index contributed by atoms with van der Waals surface area (Å²) in [5.74, 6) is 1.95. The van der Waals surface area contributed by atoms with Crippen molar-refractivity contribution in [1.29, 1.82) is 0 Å². The van der Waals surface area contributed by atoms with E-state index in [1.807, 2.05) is 55.8 Å². The number of nitrogens with one attached hydrogen (secondary N) is 1. The van der Waals surface area contributed by atoms with E-state index in [1.54, 1.807) is 13.3 Å². The van der Waals surface area contributed by atoms with Crippen molar-refractivity contribution in [3.63, 3.8) is 0 Å². The molecule has 1 saturated heterocycles. The minimum absolute atomic E-state index is 0.104. The number of aromatic nitrogens is 4. The number of ether oxygens (including phenoxy) is 1. The van der Waals surface area contributed by atoms with E-state index in [2.05, 4.69) is 20.3 Å². The minimum Gasteiger partial charge on any atom is -0.496 e. The van der Waals surface area contributed by atoms with Gasteiger partial charge in [0.1, 0.15) is 5.75 Å². The van der Waals surface area contributed by atoms with E-state index in [1.165, 1.54) is 4.90 Å². The van der Waals surface area contributed by atoms with Gasteiger partial charge in [-0.2, -0.15) is 4.98 Å². The fourth-order valence-corrected chi connectivity index (χ4v) is 3.88. The lowest BCUT2D eigenvalue weighted by Crippen LogP contribution is -2.49.